The molecule has 0 saturated heterocycles. The van der Waals surface area contributed by atoms with E-state index in [0.29, 0.717) is 5.69 Å². The van der Waals surface area contributed by atoms with Crippen molar-refractivity contribution in [3.8, 4) is 5.75 Å². The van der Waals surface area contributed by atoms with E-state index in [0.717, 1.165) is 17.7 Å². The summed E-state index contributed by atoms with van der Waals surface area (Å²) in [5.74, 6) is -1.47. The third-order valence-electron chi connectivity index (χ3n) is 4.74. The van der Waals surface area contributed by atoms with Crippen molar-refractivity contribution in [2.24, 2.45) is 23.7 Å². The fourth-order valence-corrected chi connectivity index (χ4v) is 3.64. The molecule has 116 valence electrons. The summed E-state index contributed by atoms with van der Waals surface area (Å²) in [7, 11) is 1.59. The van der Waals surface area contributed by atoms with Gasteiger partial charge in [0.1, 0.15) is 5.75 Å². The number of rotatable bonds is 4. The summed E-state index contributed by atoms with van der Waals surface area (Å²) in [6, 6.07) is 5.40. The van der Waals surface area contributed by atoms with Crippen LogP contribution in [0.25, 0.3) is 0 Å². The van der Waals surface area contributed by atoms with E-state index in [-0.39, 0.29) is 17.7 Å². The summed E-state index contributed by atoms with van der Waals surface area (Å²) in [6.45, 7) is 1.88. The number of aliphatic carboxylic acids is 1. The zero-order valence-corrected chi connectivity index (χ0v) is 12.6. The number of benzene rings is 1. The van der Waals surface area contributed by atoms with Gasteiger partial charge in [-0.2, -0.15) is 0 Å². The number of carbonyl (C=O) groups is 2. The number of hydrogen-bond acceptors (Lipinski definition) is 3. The molecule has 1 amide bonds. The Bertz CT molecular complexity index is 652. The Morgan fingerprint density at radius 1 is 1.23 bits per heavy atom. The minimum absolute atomic E-state index is 0.0183. The second-order valence-electron chi connectivity index (χ2n) is 6.01. The second-order valence-corrected chi connectivity index (χ2v) is 6.01. The number of allylic oxidation sites excluding steroid dienone is 2. The molecule has 0 spiro atoms. The number of carboxylic acid groups (broad SMARTS) is 1. The fraction of sp³-hybridized carbons (Fsp3) is 0.412. The van der Waals surface area contributed by atoms with Gasteiger partial charge in [-0.1, -0.05) is 12.2 Å². The maximum atomic E-state index is 12.6. The number of carboxylic acids is 1. The summed E-state index contributed by atoms with van der Waals surface area (Å²) in [5, 5.41) is 12.3. The van der Waals surface area contributed by atoms with E-state index in [1.807, 2.05) is 25.1 Å². The van der Waals surface area contributed by atoms with Crippen LogP contribution in [0.2, 0.25) is 0 Å². The van der Waals surface area contributed by atoms with Gasteiger partial charge in [-0.05, 0) is 48.9 Å². The van der Waals surface area contributed by atoms with Gasteiger partial charge < -0.3 is 15.2 Å². The summed E-state index contributed by atoms with van der Waals surface area (Å²) in [4.78, 5) is 24.1. The van der Waals surface area contributed by atoms with Crippen molar-refractivity contribution in [1.82, 2.24) is 0 Å². The highest BCUT2D eigenvalue weighted by Gasteiger charge is 2.51. The molecule has 5 heteroatoms. The average molecular weight is 301 g/mol. The summed E-state index contributed by atoms with van der Waals surface area (Å²) >= 11 is 0. The quantitative estimate of drug-likeness (QED) is 0.838. The van der Waals surface area contributed by atoms with Crippen molar-refractivity contribution in [1.29, 1.82) is 0 Å². The van der Waals surface area contributed by atoms with Crippen LogP contribution in [0.1, 0.15) is 12.0 Å². The lowest BCUT2D eigenvalue weighted by Gasteiger charge is -2.24. The standard InChI is InChI=1S/C17H19NO4/c1-9-7-12(22-2)5-6-13(9)18-16(19)14-10-3-4-11(8-10)15(14)17(20)21/h3-7,10-11,14-15H,8H2,1-2H3,(H,18,19)(H,20,21)/t10-,11-,14+,15+/m0/s1. The first kappa shape index (κ1) is 14.6. The van der Waals surface area contributed by atoms with Crippen LogP contribution >= 0.6 is 0 Å². The fourth-order valence-electron chi connectivity index (χ4n) is 3.64. The molecule has 0 radical (unpaired) electrons. The Morgan fingerprint density at radius 3 is 2.50 bits per heavy atom. The van der Waals surface area contributed by atoms with Crippen LogP contribution in [0.4, 0.5) is 5.69 Å². The minimum Gasteiger partial charge on any atom is -0.497 e. The van der Waals surface area contributed by atoms with Crippen molar-refractivity contribution in [3.05, 3.63) is 35.9 Å². The van der Waals surface area contributed by atoms with E-state index in [2.05, 4.69) is 5.32 Å². The van der Waals surface area contributed by atoms with E-state index in [1.54, 1.807) is 19.2 Å². The highest BCUT2D eigenvalue weighted by atomic mass is 16.5. The minimum atomic E-state index is -0.886. The topological polar surface area (TPSA) is 75.6 Å². The van der Waals surface area contributed by atoms with Crippen LogP contribution in [0, 0.1) is 30.6 Å². The molecule has 2 aliphatic rings. The molecule has 0 aromatic heterocycles. The third kappa shape index (κ3) is 2.36. The van der Waals surface area contributed by atoms with Gasteiger partial charge in [-0.25, -0.2) is 0 Å². The predicted molar refractivity (Wildman–Crippen MR) is 81.7 cm³/mol. The molecule has 1 saturated carbocycles. The normalized spacial score (nSPS) is 28.6. The summed E-state index contributed by atoms with van der Waals surface area (Å²) in [5.41, 5.74) is 1.58. The van der Waals surface area contributed by atoms with Crippen molar-refractivity contribution in [2.75, 3.05) is 12.4 Å². The Kier molecular flexibility index (Phi) is 3.64. The number of methoxy groups -OCH3 is 1. The molecule has 1 aromatic carbocycles. The van der Waals surface area contributed by atoms with Crippen LogP contribution in [0.5, 0.6) is 5.75 Å². The Labute approximate surface area is 129 Å². The number of fused-ring (bicyclic) bond motifs is 2. The number of anilines is 1. The molecule has 3 rings (SSSR count). The van der Waals surface area contributed by atoms with E-state index in [4.69, 9.17) is 4.74 Å². The molecule has 4 atom stereocenters. The van der Waals surface area contributed by atoms with Crippen LogP contribution in [0.15, 0.2) is 30.4 Å². The molecule has 0 aliphatic heterocycles. The van der Waals surface area contributed by atoms with Crippen LogP contribution in [0.3, 0.4) is 0 Å². The molecule has 2 bridgehead atoms. The molecular formula is C17H19NO4. The van der Waals surface area contributed by atoms with Gasteiger partial charge in [0.15, 0.2) is 0 Å². The van der Waals surface area contributed by atoms with Crippen LogP contribution < -0.4 is 10.1 Å². The van der Waals surface area contributed by atoms with Gasteiger partial charge in [-0.3, -0.25) is 9.59 Å². The lowest BCUT2D eigenvalue weighted by molar-refractivity contribution is -0.146. The molecule has 5 nitrogen and oxygen atoms in total. The number of nitrogens with one attached hydrogen (secondary N) is 1. The molecule has 2 N–H and O–H groups in total. The van der Waals surface area contributed by atoms with Gasteiger partial charge in [0.25, 0.3) is 0 Å². The Balaban J connectivity index is 1.80. The van der Waals surface area contributed by atoms with Gasteiger partial charge in [-0.15, -0.1) is 0 Å². The van der Waals surface area contributed by atoms with Crippen LogP contribution in [-0.4, -0.2) is 24.1 Å². The molecule has 1 fully saturated rings. The van der Waals surface area contributed by atoms with E-state index in [1.165, 1.54) is 0 Å². The largest absolute Gasteiger partial charge is 0.497 e. The zero-order valence-electron chi connectivity index (χ0n) is 12.6. The third-order valence-corrected chi connectivity index (χ3v) is 4.74. The maximum Gasteiger partial charge on any atom is 0.307 e. The van der Waals surface area contributed by atoms with Crippen molar-refractivity contribution in [3.63, 3.8) is 0 Å². The van der Waals surface area contributed by atoms with E-state index >= 15 is 0 Å². The molecule has 0 heterocycles. The van der Waals surface area contributed by atoms with Gasteiger partial charge in [0, 0.05) is 5.69 Å². The van der Waals surface area contributed by atoms with Crippen molar-refractivity contribution < 1.29 is 19.4 Å². The first-order chi connectivity index (χ1) is 10.5. The van der Waals surface area contributed by atoms with Crippen LogP contribution in [-0.2, 0) is 9.59 Å². The van der Waals surface area contributed by atoms with Gasteiger partial charge >= 0.3 is 5.97 Å². The lowest BCUT2D eigenvalue weighted by atomic mass is 9.82. The zero-order chi connectivity index (χ0) is 15.9. The number of ether oxygens (including phenoxy) is 1. The number of aryl methyl sites for hydroxylation is 1. The molecule has 0 unspecified atom stereocenters. The SMILES string of the molecule is COc1ccc(NC(=O)[C@H]2[C@H](C(=O)O)[C@H]3C=C[C@H]2C3)c(C)c1. The Morgan fingerprint density at radius 2 is 1.91 bits per heavy atom. The van der Waals surface area contributed by atoms with E-state index in [9.17, 15) is 14.7 Å². The average Bonchev–Trinajstić information content (AvgIpc) is 3.09. The molecule has 22 heavy (non-hydrogen) atoms. The Hall–Kier alpha value is -2.30. The summed E-state index contributed by atoms with van der Waals surface area (Å²) in [6.07, 6.45) is 4.68. The predicted octanol–water partition coefficient (Wildman–Crippen LogP) is 2.47. The maximum absolute atomic E-state index is 12.6. The lowest BCUT2D eigenvalue weighted by Crippen LogP contribution is -2.36. The number of hydrogen-bond donors (Lipinski definition) is 2. The summed E-state index contributed by atoms with van der Waals surface area (Å²) < 4.78 is 5.14. The highest BCUT2D eigenvalue weighted by molar-refractivity contribution is 5.97. The molecule has 2 aliphatic carbocycles. The second kappa shape index (κ2) is 5.48. The first-order valence-electron chi connectivity index (χ1n) is 7.38. The van der Waals surface area contributed by atoms with Crippen molar-refractivity contribution >= 4 is 17.6 Å². The van der Waals surface area contributed by atoms with Gasteiger partial charge in [0.05, 0.1) is 18.9 Å². The first-order valence-corrected chi connectivity index (χ1v) is 7.38. The van der Waals surface area contributed by atoms with E-state index < -0.39 is 17.8 Å². The van der Waals surface area contributed by atoms with Gasteiger partial charge in [0.2, 0.25) is 5.91 Å². The number of amides is 1. The molecular weight excluding hydrogens is 282 g/mol. The van der Waals surface area contributed by atoms with Crippen molar-refractivity contribution in [2.45, 2.75) is 13.3 Å². The monoisotopic (exact) mass is 301 g/mol. The smallest absolute Gasteiger partial charge is 0.307 e. The highest BCUT2D eigenvalue weighted by Crippen LogP contribution is 2.48. The number of carbonyl (C=O) groups excluding carboxylic acids is 1. The molecule has 1 aromatic rings.